The average Bonchev–Trinajstić information content (AvgIpc) is 3.56. The van der Waals surface area contributed by atoms with Crippen LogP contribution >= 0.6 is 0 Å². The van der Waals surface area contributed by atoms with Crippen molar-refractivity contribution in [2.24, 2.45) is 0 Å². The normalized spacial score (nSPS) is 13.5. The van der Waals surface area contributed by atoms with Gasteiger partial charge in [0.1, 0.15) is 5.75 Å². The molecule has 1 amide bonds. The van der Waals surface area contributed by atoms with Crippen LogP contribution in [-0.2, 0) is 17.1 Å². The summed E-state index contributed by atoms with van der Waals surface area (Å²) >= 11 is 0. The van der Waals surface area contributed by atoms with E-state index in [1.807, 2.05) is 12.1 Å². The van der Waals surface area contributed by atoms with Gasteiger partial charge in [0, 0.05) is 43.2 Å². The monoisotopic (exact) mass is 467 g/mol. The third-order valence-corrected chi connectivity index (χ3v) is 5.00. The Labute approximate surface area is 202 Å². The van der Waals surface area contributed by atoms with Crippen molar-refractivity contribution in [2.45, 2.75) is 12.8 Å². The maximum Gasteiger partial charge on any atom is 0.142 e. The number of methoxy groups -OCH3 is 1. The Balaban J connectivity index is 0.000000534. The first-order valence-corrected chi connectivity index (χ1v) is 10.4. The van der Waals surface area contributed by atoms with Gasteiger partial charge in [0.15, 0.2) is 0 Å². The molecule has 0 unspecified atom stereocenters. The summed E-state index contributed by atoms with van der Waals surface area (Å²) in [7, 11) is 1.72. The molecule has 1 fully saturated rings. The van der Waals surface area contributed by atoms with Crippen molar-refractivity contribution in [3.8, 4) is 5.75 Å². The molecule has 1 N–H and O–H groups in total. The number of rotatable bonds is 8. The van der Waals surface area contributed by atoms with Crippen LogP contribution in [0.25, 0.3) is 0 Å². The van der Waals surface area contributed by atoms with Crippen LogP contribution in [-0.4, -0.2) is 57.2 Å². The smallest absolute Gasteiger partial charge is 0.142 e. The molecule has 1 aliphatic rings. The van der Waals surface area contributed by atoms with Crippen LogP contribution in [0.2, 0.25) is 0 Å². The second kappa shape index (κ2) is 14.5. The van der Waals surface area contributed by atoms with E-state index in [9.17, 15) is 4.79 Å². The van der Waals surface area contributed by atoms with Gasteiger partial charge in [-0.15, -0.1) is 0 Å². The fourth-order valence-electron chi connectivity index (χ4n) is 3.37. The third-order valence-electron chi connectivity index (χ3n) is 5.00. The topological polar surface area (TPSA) is 44.8 Å². The standard InChI is InChI=1S/C21H24N3O2.C5H.Fe/c1-26-20-11-5-4-10-19(20)24-16-14-23(15-17-24)13-7-6-12-22-21(25)18-8-2-3-9-18;1-2-4-5-3-1;/h4-5,10-11H,6-7,12-17H2,1H3,(H,22,25);1H;/q2*-5;. The van der Waals surface area contributed by atoms with Crippen molar-refractivity contribution < 1.29 is 26.6 Å². The number of carbonyl (C=O) groups is 1. The maximum atomic E-state index is 11.8. The van der Waals surface area contributed by atoms with Crippen molar-refractivity contribution >= 4 is 11.6 Å². The molecule has 1 aliphatic heterocycles. The average molecular weight is 467 g/mol. The number of amides is 1. The fraction of sp³-hybridized carbons (Fsp3) is 0.346. The molecule has 0 bridgehead atoms. The summed E-state index contributed by atoms with van der Waals surface area (Å²) in [5.74, 6) is 0.791. The molecule has 5 nitrogen and oxygen atoms in total. The molecule has 0 spiro atoms. The van der Waals surface area contributed by atoms with Gasteiger partial charge in [0.25, 0.3) is 0 Å². The van der Waals surface area contributed by atoms with E-state index in [2.05, 4.69) is 75.8 Å². The Morgan fingerprint density at radius 1 is 1.06 bits per heavy atom. The Morgan fingerprint density at radius 3 is 2.38 bits per heavy atom. The molecule has 1 saturated heterocycles. The van der Waals surface area contributed by atoms with E-state index in [1.54, 1.807) is 13.2 Å². The first-order valence-electron chi connectivity index (χ1n) is 10.4. The fourth-order valence-corrected chi connectivity index (χ4v) is 3.37. The number of anilines is 1. The molecule has 0 atom stereocenters. The molecule has 1 heterocycles. The van der Waals surface area contributed by atoms with Crippen LogP contribution in [0.1, 0.15) is 23.2 Å². The van der Waals surface area contributed by atoms with Crippen LogP contribution in [0, 0.1) is 48.5 Å². The Morgan fingerprint density at radius 2 is 1.75 bits per heavy atom. The molecule has 0 radical (unpaired) electrons. The molecule has 0 aliphatic carbocycles. The zero-order chi connectivity index (χ0) is 21.7. The summed E-state index contributed by atoms with van der Waals surface area (Å²) in [6.07, 6.45) is 2.04. The number of unbranched alkanes of at least 4 members (excludes halogenated alkanes) is 1. The second-order valence-corrected chi connectivity index (χ2v) is 7.02. The van der Waals surface area contributed by atoms with Gasteiger partial charge in [-0.25, -0.2) is 0 Å². The van der Waals surface area contributed by atoms with E-state index < -0.39 is 0 Å². The molecule has 6 heteroatoms. The molecule has 174 valence electrons. The van der Waals surface area contributed by atoms with Crippen molar-refractivity contribution in [1.29, 1.82) is 0 Å². The van der Waals surface area contributed by atoms with E-state index >= 15 is 0 Å². The number of hydrogen-bond donors (Lipinski definition) is 1. The summed E-state index contributed by atoms with van der Waals surface area (Å²) < 4.78 is 5.47. The number of ether oxygens (including phenoxy) is 1. The maximum absolute atomic E-state index is 11.8. The minimum absolute atomic E-state index is 0. The van der Waals surface area contributed by atoms with Gasteiger partial charge in [-0.1, -0.05) is 12.1 Å². The number of nitrogens with one attached hydrogen (secondary N) is 1. The second-order valence-electron chi connectivity index (χ2n) is 7.02. The van der Waals surface area contributed by atoms with Crippen LogP contribution in [0.3, 0.4) is 0 Å². The zero-order valence-corrected chi connectivity index (χ0v) is 19.2. The predicted molar refractivity (Wildman–Crippen MR) is 118 cm³/mol. The number of nitrogens with zero attached hydrogens (tertiary/aromatic N) is 2. The number of benzene rings is 1. The van der Waals surface area contributed by atoms with Crippen molar-refractivity contribution in [2.75, 3.05) is 51.3 Å². The van der Waals surface area contributed by atoms with Gasteiger partial charge in [0.05, 0.1) is 12.8 Å². The molecular weight excluding hydrogens is 442 g/mol. The molecule has 0 aromatic heterocycles. The van der Waals surface area contributed by atoms with Gasteiger partial charge in [-0.05, 0) is 38.1 Å². The SMILES string of the molecule is COc1ccccc1N1CCN(CCCCNC(=O)[c-]2[c-][c-][c-][c-]2)CC1.[Fe].[c-]1[c-][c-][cH-][c-]1. The van der Waals surface area contributed by atoms with E-state index in [1.165, 1.54) is 5.69 Å². The number of piperazine rings is 1. The summed E-state index contributed by atoms with van der Waals surface area (Å²) in [5.41, 5.74) is 1.56. The van der Waals surface area contributed by atoms with E-state index in [-0.39, 0.29) is 23.0 Å². The first-order chi connectivity index (χ1) is 15.3. The van der Waals surface area contributed by atoms with Crippen LogP contribution < -0.4 is 15.0 Å². The Bertz CT molecular complexity index is 840. The van der Waals surface area contributed by atoms with E-state index in [4.69, 9.17) is 4.74 Å². The summed E-state index contributed by atoms with van der Waals surface area (Å²) in [4.78, 5) is 16.6. The van der Waals surface area contributed by atoms with Crippen molar-refractivity contribution in [3.63, 3.8) is 0 Å². The van der Waals surface area contributed by atoms with Gasteiger partial charge in [-0.3, -0.25) is 4.90 Å². The Kier molecular flexibility index (Phi) is 11.7. The number of hydrogen-bond acceptors (Lipinski definition) is 4. The molecule has 32 heavy (non-hydrogen) atoms. The molecule has 0 saturated carbocycles. The number of para-hydroxylation sites is 2. The first kappa shape index (κ1) is 25.7. The van der Waals surface area contributed by atoms with Crippen LogP contribution in [0.15, 0.2) is 30.3 Å². The van der Waals surface area contributed by atoms with Gasteiger partial charge >= 0.3 is 0 Å². The minimum atomic E-state index is -0.145. The molecule has 4 rings (SSSR count). The van der Waals surface area contributed by atoms with E-state index in [0.717, 1.165) is 51.3 Å². The zero-order valence-electron chi connectivity index (χ0n) is 18.1. The number of carbonyl (C=O) groups excluding carboxylic acids is 1. The van der Waals surface area contributed by atoms with Crippen molar-refractivity contribution in [3.05, 3.63) is 84.4 Å². The summed E-state index contributed by atoms with van der Waals surface area (Å²) in [6.45, 7) is 5.85. The molecule has 3 aromatic carbocycles. The van der Waals surface area contributed by atoms with Crippen molar-refractivity contribution in [1.82, 2.24) is 10.2 Å². The quantitative estimate of drug-likeness (QED) is 0.314. The largest absolute Gasteiger partial charge is 0.999 e. The van der Waals surface area contributed by atoms with Gasteiger partial charge in [-0.2, -0.15) is 5.91 Å². The summed E-state index contributed by atoms with van der Waals surface area (Å²) in [6, 6.07) is 30.7. The van der Waals surface area contributed by atoms with Gasteiger partial charge < -0.3 is 79.9 Å². The van der Waals surface area contributed by atoms with Gasteiger partial charge in [0.2, 0.25) is 0 Å². The summed E-state index contributed by atoms with van der Waals surface area (Å²) in [5, 5.41) is 2.88. The third kappa shape index (κ3) is 8.19. The van der Waals surface area contributed by atoms with Crippen LogP contribution in [0.4, 0.5) is 5.69 Å². The molecule has 3 aromatic rings. The Hall–Kier alpha value is -2.53. The predicted octanol–water partition coefficient (Wildman–Crippen LogP) is 2.55. The van der Waals surface area contributed by atoms with Crippen LogP contribution in [0.5, 0.6) is 5.75 Å². The minimum Gasteiger partial charge on any atom is -0.999 e. The molecular formula is C26H25FeN3O2-10. The van der Waals surface area contributed by atoms with E-state index in [0.29, 0.717) is 12.1 Å².